The maximum atomic E-state index is 5.48. The average molecular weight is 399 g/mol. The Labute approximate surface area is 177 Å². The van der Waals surface area contributed by atoms with Crippen molar-refractivity contribution in [2.24, 2.45) is 0 Å². The van der Waals surface area contributed by atoms with Gasteiger partial charge in [-0.25, -0.2) is 4.98 Å². The zero-order chi connectivity index (χ0) is 21.1. The Hall–Kier alpha value is -3.73. The van der Waals surface area contributed by atoms with E-state index in [1.54, 1.807) is 14.2 Å². The number of methoxy groups -OCH3 is 2. The highest BCUT2D eigenvalue weighted by molar-refractivity contribution is 5.81. The summed E-state index contributed by atoms with van der Waals surface area (Å²) >= 11 is 0. The number of hydrogen-bond donors (Lipinski definition) is 0. The molecule has 0 aliphatic rings. The van der Waals surface area contributed by atoms with Crippen LogP contribution in [0.4, 0.5) is 5.69 Å². The van der Waals surface area contributed by atoms with Crippen molar-refractivity contribution in [2.45, 2.75) is 0 Å². The lowest BCUT2D eigenvalue weighted by atomic mass is 10.0. The molecule has 0 spiro atoms. The standard InChI is InChI=1S/C25H25N3O2/c1-27(2)20-12-10-18(11-13-20)25-24(19-14-22(29-3)16-23(15-19)30-4)26-17-28(25)21-8-6-5-7-9-21/h5-17H,1-4H3. The molecule has 0 saturated heterocycles. The van der Waals surface area contributed by atoms with E-state index in [1.165, 1.54) is 0 Å². The van der Waals surface area contributed by atoms with Crippen LogP contribution in [0.15, 0.2) is 79.1 Å². The van der Waals surface area contributed by atoms with E-state index in [4.69, 9.17) is 14.5 Å². The Kier molecular flexibility index (Phi) is 5.44. The Balaban J connectivity index is 1.93. The van der Waals surface area contributed by atoms with Crippen molar-refractivity contribution < 1.29 is 9.47 Å². The lowest BCUT2D eigenvalue weighted by Crippen LogP contribution is -2.08. The minimum Gasteiger partial charge on any atom is -0.497 e. The third-order valence-corrected chi connectivity index (χ3v) is 5.08. The van der Waals surface area contributed by atoms with Crippen molar-refractivity contribution in [3.05, 3.63) is 79.1 Å². The minimum absolute atomic E-state index is 0.729. The summed E-state index contributed by atoms with van der Waals surface area (Å²) in [6, 6.07) is 24.6. The van der Waals surface area contributed by atoms with E-state index in [2.05, 4.69) is 45.9 Å². The van der Waals surface area contributed by atoms with Gasteiger partial charge in [-0.3, -0.25) is 4.57 Å². The summed E-state index contributed by atoms with van der Waals surface area (Å²) < 4.78 is 13.1. The van der Waals surface area contributed by atoms with Crippen molar-refractivity contribution in [2.75, 3.05) is 33.2 Å². The highest BCUT2D eigenvalue weighted by atomic mass is 16.5. The molecule has 0 fully saturated rings. The van der Waals surface area contributed by atoms with E-state index in [-0.39, 0.29) is 0 Å². The fourth-order valence-electron chi connectivity index (χ4n) is 3.48. The second kappa shape index (κ2) is 8.33. The predicted molar refractivity (Wildman–Crippen MR) is 122 cm³/mol. The van der Waals surface area contributed by atoms with Crippen LogP contribution in [-0.4, -0.2) is 37.9 Å². The lowest BCUT2D eigenvalue weighted by Gasteiger charge is -2.15. The number of benzene rings is 3. The molecular formula is C25H25N3O2. The Morgan fingerprint density at radius 2 is 1.40 bits per heavy atom. The second-order valence-electron chi connectivity index (χ2n) is 7.19. The lowest BCUT2D eigenvalue weighted by molar-refractivity contribution is 0.394. The van der Waals surface area contributed by atoms with Crippen LogP contribution in [-0.2, 0) is 0 Å². The molecule has 0 amide bonds. The maximum Gasteiger partial charge on any atom is 0.123 e. The van der Waals surface area contributed by atoms with Gasteiger partial charge in [-0.05, 0) is 36.4 Å². The quantitative estimate of drug-likeness (QED) is 0.442. The molecule has 1 heterocycles. The first kappa shape index (κ1) is 19.6. The summed E-state index contributed by atoms with van der Waals surface area (Å²) in [7, 11) is 7.39. The molecule has 0 aliphatic carbocycles. The van der Waals surface area contributed by atoms with E-state index in [0.29, 0.717) is 0 Å². The first-order chi connectivity index (χ1) is 14.6. The van der Waals surface area contributed by atoms with Gasteiger partial charge in [-0.1, -0.05) is 30.3 Å². The number of para-hydroxylation sites is 1. The maximum absolute atomic E-state index is 5.48. The van der Waals surface area contributed by atoms with Crippen LogP contribution < -0.4 is 14.4 Å². The molecule has 4 rings (SSSR count). The van der Waals surface area contributed by atoms with Gasteiger partial charge >= 0.3 is 0 Å². The number of ether oxygens (including phenoxy) is 2. The Morgan fingerprint density at radius 3 is 1.97 bits per heavy atom. The zero-order valence-electron chi connectivity index (χ0n) is 17.7. The molecular weight excluding hydrogens is 374 g/mol. The van der Waals surface area contributed by atoms with E-state index in [9.17, 15) is 0 Å². The number of nitrogens with zero attached hydrogens (tertiary/aromatic N) is 3. The second-order valence-corrected chi connectivity index (χ2v) is 7.19. The van der Waals surface area contributed by atoms with Gasteiger partial charge in [0.15, 0.2) is 0 Å². The summed E-state index contributed by atoms with van der Waals surface area (Å²) in [5.74, 6) is 1.46. The average Bonchev–Trinajstić information content (AvgIpc) is 3.24. The summed E-state index contributed by atoms with van der Waals surface area (Å²) in [6.07, 6.45) is 1.87. The van der Waals surface area contributed by atoms with Crippen molar-refractivity contribution >= 4 is 5.69 Å². The summed E-state index contributed by atoms with van der Waals surface area (Å²) in [5.41, 5.74) is 6.11. The first-order valence-electron chi connectivity index (χ1n) is 9.74. The van der Waals surface area contributed by atoms with Crippen LogP contribution in [0.5, 0.6) is 11.5 Å². The number of rotatable bonds is 6. The number of anilines is 1. The third-order valence-electron chi connectivity index (χ3n) is 5.08. The monoisotopic (exact) mass is 399 g/mol. The van der Waals surface area contributed by atoms with Crippen LogP contribution in [0, 0.1) is 0 Å². The third kappa shape index (κ3) is 3.74. The van der Waals surface area contributed by atoms with Crippen LogP contribution in [0.1, 0.15) is 0 Å². The molecule has 152 valence electrons. The highest BCUT2D eigenvalue weighted by Crippen LogP contribution is 2.37. The normalized spacial score (nSPS) is 10.7. The van der Waals surface area contributed by atoms with Gasteiger partial charge in [-0.15, -0.1) is 0 Å². The number of hydrogen-bond acceptors (Lipinski definition) is 4. The van der Waals surface area contributed by atoms with Gasteiger partial charge < -0.3 is 14.4 Å². The molecule has 0 bridgehead atoms. The summed E-state index contributed by atoms with van der Waals surface area (Å²) in [4.78, 5) is 6.88. The largest absolute Gasteiger partial charge is 0.497 e. The van der Waals surface area contributed by atoms with E-state index in [1.807, 2.05) is 56.8 Å². The van der Waals surface area contributed by atoms with Crippen molar-refractivity contribution in [1.29, 1.82) is 0 Å². The molecule has 0 saturated carbocycles. The Morgan fingerprint density at radius 1 is 0.767 bits per heavy atom. The molecule has 5 nitrogen and oxygen atoms in total. The van der Waals surface area contributed by atoms with Crippen LogP contribution >= 0.6 is 0 Å². The van der Waals surface area contributed by atoms with Crippen LogP contribution in [0.25, 0.3) is 28.2 Å². The fraction of sp³-hybridized carbons (Fsp3) is 0.160. The van der Waals surface area contributed by atoms with E-state index < -0.39 is 0 Å². The van der Waals surface area contributed by atoms with Gasteiger partial charge in [0.2, 0.25) is 0 Å². The highest BCUT2D eigenvalue weighted by Gasteiger charge is 2.18. The zero-order valence-corrected chi connectivity index (χ0v) is 17.7. The molecule has 4 aromatic rings. The molecule has 0 aliphatic heterocycles. The molecule has 3 aromatic carbocycles. The fourth-order valence-corrected chi connectivity index (χ4v) is 3.48. The molecule has 0 N–H and O–H groups in total. The van der Waals surface area contributed by atoms with Gasteiger partial charge in [0.1, 0.15) is 17.8 Å². The van der Waals surface area contributed by atoms with E-state index in [0.717, 1.165) is 45.4 Å². The van der Waals surface area contributed by atoms with Crippen molar-refractivity contribution in [3.63, 3.8) is 0 Å². The van der Waals surface area contributed by atoms with Crippen molar-refractivity contribution in [3.8, 4) is 39.7 Å². The molecule has 5 heteroatoms. The minimum atomic E-state index is 0.729. The topological polar surface area (TPSA) is 39.5 Å². The Bertz CT molecular complexity index is 1110. The molecule has 0 atom stereocenters. The van der Waals surface area contributed by atoms with Crippen LogP contribution in [0.2, 0.25) is 0 Å². The summed E-state index contributed by atoms with van der Waals surface area (Å²) in [5, 5.41) is 0. The van der Waals surface area contributed by atoms with Gasteiger partial charge in [0.05, 0.1) is 25.6 Å². The SMILES string of the molecule is COc1cc(OC)cc(-c2ncn(-c3ccccc3)c2-c2ccc(N(C)C)cc2)c1. The molecule has 0 radical (unpaired) electrons. The van der Waals surface area contributed by atoms with Crippen LogP contribution in [0.3, 0.4) is 0 Å². The number of imidazole rings is 1. The smallest absolute Gasteiger partial charge is 0.123 e. The summed E-state index contributed by atoms with van der Waals surface area (Å²) in [6.45, 7) is 0. The van der Waals surface area contributed by atoms with Crippen molar-refractivity contribution in [1.82, 2.24) is 9.55 Å². The van der Waals surface area contributed by atoms with Gasteiger partial charge in [0.25, 0.3) is 0 Å². The molecule has 0 unspecified atom stereocenters. The molecule has 30 heavy (non-hydrogen) atoms. The van der Waals surface area contributed by atoms with E-state index >= 15 is 0 Å². The molecule has 1 aromatic heterocycles. The predicted octanol–water partition coefficient (Wildman–Crippen LogP) is 5.29. The number of aromatic nitrogens is 2. The van der Waals surface area contributed by atoms with Gasteiger partial charge in [0, 0.05) is 42.7 Å². The van der Waals surface area contributed by atoms with Gasteiger partial charge in [-0.2, -0.15) is 0 Å². The first-order valence-corrected chi connectivity index (χ1v) is 9.74.